The summed E-state index contributed by atoms with van der Waals surface area (Å²) < 4.78 is 31.7. The summed E-state index contributed by atoms with van der Waals surface area (Å²) in [6, 6.07) is 1.82. The Morgan fingerprint density at radius 3 is 2.43 bits per heavy atom. The predicted octanol–water partition coefficient (Wildman–Crippen LogP) is 4.06. The number of fused-ring (bicyclic) bond motifs is 2. The number of rotatable bonds is 3. The van der Waals surface area contributed by atoms with Crippen LogP contribution in [0.25, 0.3) is 0 Å². The van der Waals surface area contributed by atoms with Crippen molar-refractivity contribution in [3.05, 3.63) is 24.2 Å². The number of aliphatic hydroxyl groups excluding tert-OH is 2. The second-order valence-corrected chi connectivity index (χ2v) is 16.9. The van der Waals surface area contributed by atoms with Gasteiger partial charge in [0.1, 0.15) is 24.4 Å². The maximum atomic E-state index is 15.2. The zero-order chi connectivity index (χ0) is 32.1. The van der Waals surface area contributed by atoms with E-state index in [0.717, 1.165) is 37.7 Å². The molecule has 5 heterocycles. The number of esters is 2. The number of Topliss-reactive ketones (excluding diaryl/α,β-unsaturated/α-hetero) is 1. The number of cyclic esters (lactones) is 2. The van der Waals surface area contributed by atoms with Gasteiger partial charge in [0.25, 0.3) is 0 Å². The van der Waals surface area contributed by atoms with Gasteiger partial charge in [0.05, 0.1) is 35.6 Å². The Bertz CT molecular complexity index is 1480. The van der Waals surface area contributed by atoms with Gasteiger partial charge in [0.2, 0.25) is 0 Å². The lowest BCUT2D eigenvalue weighted by Crippen LogP contribution is -2.79. The molecule has 12 atom stereocenters. The van der Waals surface area contributed by atoms with Crippen molar-refractivity contribution >= 4 is 17.7 Å². The van der Waals surface area contributed by atoms with Crippen LogP contribution in [0.15, 0.2) is 23.0 Å². The van der Waals surface area contributed by atoms with E-state index in [-0.39, 0.29) is 42.7 Å². The van der Waals surface area contributed by atoms with Crippen molar-refractivity contribution in [1.29, 1.82) is 0 Å². The van der Waals surface area contributed by atoms with E-state index in [4.69, 9.17) is 23.4 Å². The average molecular weight is 639 g/mol. The molecule has 8 aliphatic rings. The van der Waals surface area contributed by atoms with E-state index in [0.29, 0.717) is 32.1 Å². The highest BCUT2D eigenvalue weighted by atomic mass is 16.7. The number of carbonyl (C=O) groups is 3. The van der Waals surface area contributed by atoms with E-state index in [1.165, 1.54) is 0 Å². The summed E-state index contributed by atoms with van der Waals surface area (Å²) in [6.07, 6.45) is 7.11. The maximum Gasteiger partial charge on any atom is 0.339 e. The zero-order valence-corrected chi connectivity index (χ0v) is 27.0. The van der Waals surface area contributed by atoms with Gasteiger partial charge in [0, 0.05) is 28.4 Å². The highest BCUT2D eigenvalue weighted by Crippen LogP contribution is 2.83. The Morgan fingerprint density at radius 1 is 0.957 bits per heavy atom. The summed E-state index contributed by atoms with van der Waals surface area (Å²) in [4.78, 5) is 43.0. The molecule has 0 bridgehead atoms. The molecule has 12 unspecified atom stereocenters. The van der Waals surface area contributed by atoms with Crippen LogP contribution in [0, 0.1) is 45.3 Å². The minimum Gasteiger partial charge on any atom is -0.472 e. The Labute approximate surface area is 268 Å². The first-order chi connectivity index (χ1) is 22.0. The number of ketones is 1. The van der Waals surface area contributed by atoms with E-state index >= 15 is 4.79 Å². The molecule has 46 heavy (non-hydrogen) atoms. The van der Waals surface area contributed by atoms with Crippen molar-refractivity contribution in [2.45, 2.75) is 121 Å². The molecule has 4 aliphatic heterocycles. The molecule has 3 spiro atoms. The van der Waals surface area contributed by atoms with Crippen molar-refractivity contribution < 1.29 is 48.0 Å². The van der Waals surface area contributed by atoms with Crippen LogP contribution in [0.2, 0.25) is 0 Å². The molecule has 250 valence electrons. The van der Waals surface area contributed by atoms with E-state index in [2.05, 4.69) is 6.92 Å². The lowest BCUT2D eigenvalue weighted by Gasteiger charge is -2.70. The van der Waals surface area contributed by atoms with Crippen LogP contribution in [-0.4, -0.2) is 70.7 Å². The van der Waals surface area contributed by atoms with Crippen molar-refractivity contribution in [1.82, 2.24) is 0 Å². The Hall–Kier alpha value is -2.27. The molecule has 4 saturated heterocycles. The number of hydrogen-bond donors (Lipinski definition) is 2. The molecule has 1 aromatic rings. The number of hydrogen-bond acceptors (Lipinski definition) is 10. The quantitative estimate of drug-likeness (QED) is 0.367. The van der Waals surface area contributed by atoms with Crippen molar-refractivity contribution in [2.75, 3.05) is 13.2 Å². The van der Waals surface area contributed by atoms with Crippen LogP contribution in [0.4, 0.5) is 0 Å². The summed E-state index contributed by atoms with van der Waals surface area (Å²) in [6.45, 7) is 5.95. The Kier molecular flexibility index (Phi) is 5.99. The number of carbonyl (C=O) groups excluding carboxylic acids is 3. The van der Waals surface area contributed by atoms with Crippen LogP contribution in [-0.2, 0) is 33.3 Å². The minimum absolute atomic E-state index is 0.0246. The van der Waals surface area contributed by atoms with Crippen LogP contribution in [0.1, 0.15) is 96.6 Å². The summed E-state index contributed by atoms with van der Waals surface area (Å²) >= 11 is 0. The molecule has 0 amide bonds. The number of aliphatic hydroxyl groups is 2. The van der Waals surface area contributed by atoms with Gasteiger partial charge < -0.3 is 33.6 Å². The molecule has 10 nitrogen and oxygen atoms in total. The topological polar surface area (TPSA) is 145 Å². The van der Waals surface area contributed by atoms with Gasteiger partial charge in [-0.2, -0.15) is 0 Å². The Balaban J connectivity index is 1.30. The van der Waals surface area contributed by atoms with Crippen LogP contribution < -0.4 is 0 Å². The van der Waals surface area contributed by atoms with Crippen LogP contribution in [0.5, 0.6) is 0 Å². The van der Waals surface area contributed by atoms with E-state index < -0.39 is 69.2 Å². The highest BCUT2D eigenvalue weighted by Gasteiger charge is 2.93. The van der Waals surface area contributed by atoms with E-state index in [1.54, 1.807) is 12.5 Å². The fourth-order valence-corrected chi connectivity index (χ4v) is 13.5. The second kappa shape index (κ2) is 9.24. The van der Waals surface area contributed by atoms with Gasteiger partial charge in [-0.15, -0.1) is 0 Å². The van der Waals surface area contributed by atoms with Crippen molar-refractivity contribution in [3.63, 3.8) is 0 Å². The number of epoxide rings is 1. The van der Waals surface area contributed by atoms with Crippen LogP contribution in [0.3, 0.4) is 0 Å². The predicted molar refractivity (Wildman–Crippen MR) is 159 cm³/mol. The molecule has 0 radical (unpaired) electrons. The first kappa shape index (κ1) is 29.8. The first-order valence-electron chi connectivity index (χ1n) is 17.5. The zero-order valence-electron chi connectivity index (χ0n) is 27.0. The SMILES string of the molecule is CC1(C)OC2C3(CCC(CO)C3)C(=O)OCC23C1C(=O)C(O)C1(C2CCCCC2)C3CCC2(C)C(c3ccoc3)OC(=O)C3OC321. The lowest BCUT2D eigenvalue weighted by molar-refractivity contribution is -0.284. The first-order valence-corrected chi connectivity index (χ1v) is 17.5. The molecule has 1 aromatic heterocycles. The van der Waals surface area contributed by atoms with Crippen LogP contribution >= 0.6 is 0 Å². The standard InChI is InChI=1S/C36H46O10/c1-31(2)24-23(38)25(39)35(21-7-5-4-6-8-21)22(34(24)18-43-30(41)33(29(34)46-31)13-9-19(15-33)16-37)10-12-32(3)26(20-11-14-42-17-20)44-28(40)27-36(32,35)45-27/h11,14,17,19,21-22,24-27,29,37,39H,4-10,12-13,15-16,18H2,1-3H3. The van der Waals surface area contributed by atoms with Gasteiger partial charge in [-0.3, -0.25) is 9.59 Å². The normalized spacial score (nSPS) is 52.2. The fraction of sp³-hybridized carbons (Fsp3) is 0.806. The number of ether oxygens (including phenoxy) is 4. The van der Waals surface area contributed by atoms with Gasteiger partial charge in [-0.05, 0) is 82.6 Å². The molecule has 9 rings (SSSR count). The fourth-order valence-electron chi connectivity index (χ4n) is 13.5. The molecule has 2 N–H and O–H groups in total. The van der Waals surface area contributed by atoms with Gasteiger partial charge in [-0.1, -0.05) is 26.2 Å². The maximum absolute atomic E-state index is 15.2. The highest BCUT2D eigenvalue weighted by molar-refractivity contribution is 5.92. The third kappa shape index (κ3) is 3.09. The monoisotopic (exact) mass is 638 g/mol. The summed E-state index contributed by atoms with van der Waals surface area (Å²) in [5, 5.41) is 23.1. The summed E-state index contributed by atoms with van der Waals surface area (Å²) in [7, 11) is 0. The van der Waals surface area contributed by atoms with Gasteiger partial charge in [0.15, 0.2) is 11.9 Å². The third-order valence-electron chi connectivity index (χ3n) is 14.9. The third-order valence-corrected chi connectivity index (χ3v) is 14.9. The van der Waals surface area contributed by atoms with Crippen molar-refractivity contribution in [2.24, 2.45) is 45.3 Å². The molecule has 0 aromatic carbocycles. The minimum atomic E-state index is -1.39. The molecule has 4 saturated carbocycles. The largest absolute Gasteiger partial charge is 0.472 e. The second-order valence-electron chi connectivity index (χ2n) is 16.9. The van der Waals surface area contributed by atoms with E-state index in [1.807, 2.05) is 19.9 Å². The van der Waals surface area contributed by atoms with Gasteiger partial charge >= 0.3 is 11.9 Å². The summed E-state index contributed by atoms with van der Waals surface area (Å²) in [5.41, 5.74) is -5.18. The average Bonchev–Trinajstić information content (AvgIpc) is 3.33. The molecular weight excluding hydrogens is 592 g/mol. The smallest absolute Gasteiger partial charge is 0.339 e. The molecule has 10 heteroatoms. The lowest BCUT2D eigenvalue weighted by atomic mass is 9.32. The molecular formula is C36H46O10. The van der Waals surface area contributed by atoms with E-state index in [9.17, 15) is 19.8 Å². The molecule has 4 aliphatic carbocycles. The molecule has 8 fully saturated rings. The van der Waals surface area contributed by atoms with Crippen molar-refractivity contribution in [3.8, 4) is 0 Å². The Morgan fingerprint density at radius 2 is 1.74 bits per heavy atom. The number of furan rings is 1. The summed E-state index contributed by atoms with van der Waals surface area (Å²) in [5.74, 6) is -2.24. The van der Waals surface area contributed by atoms with Gasteiger partial charge in [-0.25, -0.2) is 4.79 Å².